The quantitative estimate of drug-likeness (QED) is 0.0229. The van der Waals surface area contributed by atoms with Crippen LogP contribution in [0.1, 0.15) is 292 Å². The molecule has 1 aliphatic heterocycles. The van der Waals surface area contributed by atoms with Gasteiger partial charge in [-0.25, -0.2) is 32.4 Å². The lowest BCUT2D eigenvalue weighted by atomic mass is 9.48. The number of ether oxygens (including phenoxy) is 5. The zero-order chi connectivity index (χ0) is 91.7. The Hall–Kier alpha value is -5.78. The number of ketones is 1. The minimum atomic E-state index is -6.98. The highest BCUT2D eigenvalue weighted by atomic mass is 32.2. The standard InChI is InChI=1S/C24H34O7S.C20H26O7S.C14H20F2O4S.C13H18F2O5S.C8H11F6NO5S2/c25-23(30-13-11-18-7-3-1-4-8-18)20-15-21(17-22(16-20)32(27,28)29)24(26)31-14-12-19-9-5-2-6-10-19;21-19(26-16-7-3-1-4-8-16)14-11-15(13-18(12-14)28(23,24)25)20(22)27-17-9-5-2-6-10-17;15-14(16,21(18,19)20)12(17)1-2-13-6-9-3-10(7-13)5-11(4-9)8-13;14-13(15,21(17,18)19)11(16)20-7-12-4-8-1-9(5-12)3-10(2-8)6-12;9-6(10,8(13,14)22(18,19)20)7(11,12)21(16,17)15-4-2-1-3-5-15/h15-19H,1-14H2,(H,27,28,29);11-13,16-17H,1-10H2,(H,23,24,25);9-11H,1-8H2,(H,18,19,20);8-10H,1-7H2,(H,17,18,19);1-5H2,(H,18,19,20). The van der Waals surface area contributed by atoms with E-state index in [1.54, 1.807) is 0 Å². The minimum Gasteiger partial charge on any atom is -0.462 e. The summed E-state index contributed by atoms with van der Waals surface area (Å²) >= 11 is 0. The molecule has 0 unspecified atom stereocenters. The summed E-state index contributed by atoms with van der Waals surface area (Å²) in [6.45, 7) is -0.890. The zero-order valence-electron chi connectivity index (χ0n) is 68.2. The van der Waals surface area contributed by atoms with Crippen molar-refractivity contribution in [3.05, 3.63) is 58.7 Å². The van der Waals surface area contributed by atoms with Gasteiger partial charge in [0.05, 0.1) is 51.9 Å². The van der Waals surface area contributed by atoms with Crippen molar-refractivity contribution in [1.29, 1.82) is 0 Å². The number of halogens is 10. The van der Waals surface area contributed by atoms with Crippen LogP contribution in [0.25, 0.3) is 0 Å². The van der Waals surface area contributed by atoms with Gasteiger partial charge in [0.2, 0.25) is 5.78 Å². The summed E-state index contributed by atoms with van der Waals surface area (Å²) in [6.07, 6.45) is 35.0. The highest BCUT2D eigenvalue weighted by Gasteiger charge is 2.83. The van der Waals surface area contributed by atoms with Crippen LogP contribution in [-0.2, 0) is 93.9 Å². The second-order valence-electron chi connectivity index (χ2n) is 35.5. The van der Waals surface area contributed by atoms with E-state index in [1.165, 1.54) is 69.9 Å². The fourth-order valence-corrected chi connectivity index (χ4v) is 24.2. The molecule has 0 amide bonds. The van der Waals surface area contributed by atoms with Crippen LogP contribution < -0.4 is 0 Å². The molecule has 2 aromatic carbocycles. The smallest absolute Gasteiger partial charge is 0.462 e. The first kappa shape index (κ1) is 102. The molecule has 2 aromatic rings. The van der Waals surface area contributed by atoms with E-state index in [0.717, 1.165) is 185 Å². The Morgan fingerprint density at radius 2 is 0.694 bits per heavy atom. The number of alkyl halides is 10. The van der Waals surface area contributed by atoms with E-state index >= 15 is 0 Å². The van der Waals surface area contributed by atoms with Crippen molar-refractivity contribution >= 4 is 96.2 Å². The van der Waals surface area contributed by atoms with Crippen molar-refractivity contribution < 1.29 is 170 Å². The van der Waals surface area contributed by atoms with Gasteiger partial charge in [0.25, 0.3) is 30.3 Å². The Bertz CT molecular complexity index is 4560. The second kappa shape index (κ2) is 41.1. The Morgan fingerprint density at radius 3 is 1.02 bits per heavy atom. The molecule has 15 rings (SSSR count). The predicted octanol–water partition coefficient (Wildman–Crippen LogP) is 15.9. The average molecular weight is 1900 g/mol. The SMILES string of the molecule is O=C(CCC12CC3CC(CC(C3)C1)C2)C(F)(F)S(=O)(=O)O.O=C(OC1CCCCC1)c1cc(C(=O)OC2CCCCC2)cc(S(=O)(=O)O)c1.O=C(OCC12CC3CC(CC(C3)C1)C2)C(F)(F)S(=O)(=O)O.O=C(OCCC1CCCCC1)c1cc(C(=O)OCCC2CCCCC2)cc(S(=O)(=O)O)c1.O=S(=O)(O)C(F)(F)C(F)(F)C(F)(F)S(=O)(=O)N1CCCCC1. The number of nitrogens with zero attached hydrogens (tertiary/aromatic N) is 1. The van der Waals surface area contributed by atoms with Crippen LogP contribution in [-0.4, -0.2) is 185 Å². The third-order valence-corrected chi connectivity index (χ3v) is 32.1. The van der Waals surface area contributed by atoms with Crippen LogP contribution in [0.15, 0.2) is 46.2 Å². The van der Waals surface area contributed by atoms with Crippen LogP contribution in [0, 0.1) is 58.2 Å². The van der Waals surface area contributed by atoms with E-state index in [2.05, 4.69) is 4.74 Å². The molecule has 13 aliphatic rings. The zero-order valence-corrected chi connectivity index (χ0v) is 73.1. The third-order valence-electron chi connectivity index (χ3n) is 25.9. The number of esters is 5. The first-order valence-electron chi connectivity index (χ1n) is 42.0. The van der Waals surface area contributed by atoms with E-state index < -0.39 is 152 Å². The molecule has 0 radical (unpaired) electrons. The predicted molar refractivity (Wildman–Crippen MR) is 420 cm³/mol. The van der Waals surface area contributed by atoms with E-state index in [1.807, 2.05) is 0 Å². The number of carbonyl (C=O) groups excluding carboxylic acids is 6. The number of rotatable bonds is 28. The monoisotopic (exact) mass is 1900 g/mol. The second-order valence-corrected chi connectivity index (χ2v) is 44.7. The van der Waals surface area contributed by atoms with E-state index in [4.69, 9.17) is 32.6 Å². The van der Waals surface area contributed by atoms with Gasteiger partial charge in [0, 0.05) is 24.9 Å². The lowest BCUT2D eigenvalue weighted by Gasteiger charge is -2.57. The van der Waals surface area contributed by atoms with Crippen LogP contribution in [0.5, 0.6) is 0 Å². The van der Waals surface area contributed by atoms with Crippen molar-refractivity contribution in [2.75, 3.05) is 32.9 Å². The van der Waals surface area contributed by atoms with Crippen molar-refractivity contribution in [1.82, 2.24) is 4.31 Å². The van der Waals surface area contributed by atoms with Crippen LogP contribution in [0.2, 0.25) is 0 Å². The molecule has 45 heteroatoms. The highest BCUT2D eigenvalue weighted by Crippen LogP contribution is 2.63. The lowest BCUT2D eigenvalue weighted by molar-refractivity contribution is -0.246. The summed E-state index contributed by atoms with van der Waals surface area (Å²) in [7, 11) is -33.9. The highest BCUT2D eigenvalue weighted by molar-refractivity contribution is 7.90. The molecular weight excluding hydrogens is 1790 g/mol. The van der Waals surface area contributed by atoms with Gasteiger partial charge in [-0.1, -0.05) is 83.5 Å². The molecule has 29 nitrogen and oxygen atoms in total. The van der Waals surface area contributed by atoms with Crippen molar-refractivity contribution in [2.45, 2.75) is 299 Å². The Morgan fingerprint density at radius 1 is 0.379 bits per heavy atom. The summed E-state index contributed by atoms with van der Waals surface area (Å²) in [5.41, 5.74) is -0.696. The normalized spacial score (nSPS) is 25.7. The van der Waals surface area contributed by atoms with Gasteiger partial charge in [-0.05, 0) is 250 Å². The van der Waals surface area contributed by atoms with Crippen LogP contribution in [0.3, 0.4) is 0 Å². The van der Waals surface area contributed by atoms with Gasteiger partial charge in [-0.15, -0.1) is 0 Å². The Balaban J connectivity index is 0.000000177. The summed E-state index contributed by atoms with van der Waals surface area (Å²) in [5, 5.41) is -22.7. The molecule has 0 spiro atoms. The lowest BCUT2D eigenvalue weighted by Crippen LogP contribution is -2.63. The fourth-order valence-electron chi connectivity index (χ4n) is 20.4. The molecule has 0 atom stereocenters. The third kappa shape index (κ3) is 25.9. The summed E-state index contributed by atoms with van der Waals surface area (Å²) < 4.78 is 335. The number of benzene rings is 2. The molecule has 124 heavy (non-hydrogen) atoms. The Labute approximate surface area is 715 Å². The molecule has 5 N–H and O–H groups in total. The van der Waals surface area contributed by atoms with Crippen molar-refractivity contribution in [2.24, 2.45) is 58.2 Å². The number of piperidine rings is 1. The van der Waals surface area contributed by atoms with Gasteiger partial charge in [0.15, 0.2) is 0 Å². The molecule has 0 aromatic heterocycles. The molecule has 13 fully saturated rings. The number of hydrogen-bond donors (Lipinski definition) is 5. The molecular formula is C79H109F10NO28S6. The van der Waals surface area contributed by atoms with Gasteiger partial charge >= 0.3 is 87.1 Å². The van der Waals surface area contributed by atoms with E-state index in [9.17, 15) is 132 Å². The number of hydrogen-bond acceptors (Lipinski definition) is 23. The molecule has 12 aliphatic carbocycles. The number of sulfonamides is 1. The van der Waals surface area contributed by atoms with E-state index in [0.29, 0.717) is 60.2 Å². The molecule has 1 saturated heterocycles. The summed E-state index contributed by atoms with van der Waals surface area (Å²) in [5.74, 6) is -8.86. The maximum atomic E-state index is 13.6. The topological polar surface area (TPSA) is 458 Å². The first-order chi connectivity index (χ1) is 57.5. The summed E-state index contributed by atoms with van der Waals surface area (Å²) in [6, 6.07) is 6.63. The number of carbonyl (C=O) groups is 6. The van der Waals surface area contributed by atoms with E-state index in [-0.39, 0.29) is 82.3 Å². The van der Waals surface area contributed by atoms with Crippen molar-refractivity contribution in [3.63, 3.8) is 0 Å². The average Bonchev–Trinajstić information content (AvgIpc) is 0.712. The van der Waals surface area contributed by atoms with Gasteiger partial charge in [-0.2, -0.15) is 90.3 Å². The van der Waals surface area contributed by atoms with Crippen molar-refractivity contribution in [3.8, 4) is 0 Å². The molecule has 8 bridgehead atoms. The first-order valence-corrected chi connectivity index (χ1v) is 50.6. The maximum Gasteiger partial charge on any atom is 0.465 e. The minimum absolute atomic E-state index is 0.0512. The van der Waals surface area contributed by atoms with Crippen LogP contribution >= 0.6 is 0 Å². The molecule has 12 saturated carbocycles. The fraction of sp³-hybridized carbons (Fsp3) is 0.772. The van der Waals surface area contributed by atoms with Gasteiger partial charge in [-0.3, -0.25) is 27.6 Å². The summed E-state index contributed by atoms with van der Waals surface area (Å²) in [4.78, 5) is 71.8. The van der Waals surface area contributed by atoms with Gasteiger partial charge < -0.3 is 23.7 Å². The maximum absolute atomic E-state index is 13.6. The van der Waals surface area contributed by atoms with Gasteiger partial charge in [0.1, 0.15) is 12.2 Å². The largest absolute Gasteiger partial charge is 0.465 e. The Kier molecular flexibility index (Phi) is 33.8. The number of Topliss-reactive ketones (excluding diaryl/α,β-unsaturated/α-hetero) is 1. The van der Waals surface area contributed by atoms with Crippen LogP contribution in [0.4, 0.5) is 43.9 Å². The molecule has 704 valence electrons. The molecule has 1 heterocycles.